The van der Waals surface area contributed by atoms with E-state index in [9.17, 15) is 4.39 Å². The van der Waals surface area contributed by atoms with Gasteiger partial charge in [-0.1, -0.05) is 12.1 Å². The molecular weight excluding hydrogens is 337 g/mol. The van der Waals surface area contributed by atoms with Crippen LogP contribution in [0.15, 0.2) is 48.0 Å². The third kappa shape index (κ3) is 4.75. The first-order chi connectivity index (χ1) is 12.1. The van der Waals surface area contributed by atoms with E-state index in [1.165, 1.54) is 16.5 Å². The van der Waals surface area contributed by atoms with E-state index in [2.05, 4.69) is 21.4 Å². The van der Waals surface area contributed by atoms with Gasteiger partial charge in [0.1, 0.15) is 5.82 Å². The van der Waals surface area contributed by atoms with Crippen molar-refractivity contribution < 1.29 is 9.13 Å². The van der Waals surface area contributed by atoms with Crippen molar-refractivity contribution in [1.82, 2.24) is 14.7 Å². The fourth-order valence-corrected chi connectivity index (χ4v) is 3.55. The second-order valence-electron chi connectivity index (χ2n) is 6.02. The molecule has 0 bridgehead atoms. The minimum Gasteiger partial charge on any atom is -0.375 e. The quantitative estimate of drug-likeness (QED) is 0.571. The van der Waals surface area contributed by atoms with Crippen molar-refractivity contribution in [1.29, 1.82) is 0 Å². The summed E-state index contributed by atoms with van der Waals surface area (Å²) in [7, 11) is 3.96. The number of ether oxygens (including phenoxy) is 1. The number of likely N-dealkylation sites (N-methyl/N-ethyl adjacent to an activating group) is 1. The number of hydrogen-bond donors (Lipinski definition) is 0. The van der Waals surface area contributed by atoms with E-state index in [-0.39, 0.29) is 5.82 Å². The third-order valence-electron chi connectivity index (χ3n) is 4.03. The van der Waals surface area contributed by atoms with Crippen molar-refractivity contribution in [2.75, 3.05) is 20.2 Å². The van der Waals surface area contributed by atoms with Crippen molar-refractivity contribution in [2.45, 2.75) is 13.2 Å². The summed E-state index contributed by atoms with van der Waals surface area (Å²) < 4.78 is 20.9. The van der Waals surface area contributed by atoms with Crippen LogP contribution >= 0.6 is 11.3 Å². The van der Waals surface area contributed by atoms with Crippen LogP contribution in [0.3, 0.4) is 0 Å². The number of hydrogen-bond acceptors (Lipinski definition) is 4. The molecule has 0 fully saturated rings. The second kappa shape index (κ2) is 8.38. The lowest BCUT2D eigenvalue weighted by Gasteiger charge is -2.16. The number of halogens is 1. The molecule has 6 heteroatoms. The highest BCUT2D eigenvalue weighted by molar-refractivity contribution is 7.10. The van der Waals surface area contributed by atoms with Gasteiger partial charge in [-0.3, -0.25) is 9.58 Å². The van der Waals surface area contributed by atoms with Crippen molar-refractivity contribution in [3.8, 4) is 11.3 Å². The lowest BCUT2D eigenvalue weighted by atomic mass is 10.2. The number of benzene rings is 1. The van der Waals surface area contributed by atoms with Crippen LogP contribution in [0.25, 0.3) is 11.3 Å². The molecule has 0 unspecified atom stereocenters. The summed E-state index contributed by atoms with van der Waals surface area (Å²) in [6.07, 6.45) is 1.80. The Labute approximate surface area is 151 Å². The molecule has 0 N–H and O–H groups in total. The predicted molar refractivity (Wildman–Crippen MR) is 98.9 cm³/mol. The second-order valence-corrected chi connectivity index (χ2v) is 7.02. The Hall–Kier alpha value is -2.02. The highest BCUT2D eigenvalue weighted by atomic mass is 32.1. The van der Waals surface area contributed by atoms with Crippen molar-refractivity contribution in [3.63, 3.8) is 0 Å². The minimum atomic E-state index is -0.192. The topological polar surface area (TPSA) is 30.3 Å². The highest BCUT2D eigenvalue weighted by Crippen LogP contribution is 2.28. The van der Waals surface area contributed by atoms with Crippen LogP contribution in [0.5, 0.6) is 0 Å². The molecule has 25 heavy (non-hydrogen) atoms. The van der Waals surface area contributed by atoms with E-state index < -0.39 is 0 Å². The Bertz CT molecular complexity index is 814. The monoisotopic (exact) mass is 359 g/mol. The Morgan fingerprint density at radius 2 is 2.16 bits per heavy atom. The Morgan fingerprint density at radius 1 is 1.28 bits per heavy atom. The smallest absolute Gasteiger partial charge is 0.123 e. The van der Waals surface area contributed by atoms with Crippen LogP contribution in [-0.2, 0) is 24.9 Å². The zero-order chi connectivity index (χ0) is 17.6. The van der Waals surface area contributed by atoms with Gasteiger partial charge < -0.3 is 4.74 Å². The average molecular weight is 359 g/mol. The van der Waals surface area contributed by atoms with Gasteiger partial charge in [-0.15, -0.1) is 11.3 Å². The van der Waals surface area contributed by atoms with Crippen LogP contribution < -0.4 is 0 Å². The molecule has 3 rings (SSSR count). The fraction of sp³-hybridized carbons (Fsp3) is 0.316. The van der Waals surface area contributed by atoms with Gasteiger partial charge in [-0.25, -0.2) is 4.39 Å². The van der Waals surface area contributed by atoms with E-state index in [4.69, 9.17) is 4.74 Å². The van der Waals surface area contributed by atoms with E-state index >= 15 is 0 Å². The van der Waals surface area contributed by atoms with Crippen molar-refractivity contribution in [3.05, 3.63) is 64.2 Å². The van der Waals surface area contributed by atoms with Crippen LogP contribution in [0.1, 0.15) is 10.4 Å². The number of aryl methyl sites for hydroxylation is 1. The molecule has 0 saturated heterocycles. The fourth-order valence-electron chi connectivity index (χ4n) is 2.73. The molecule has 0 saturated carbocycles. The molecule has 3 aromatic rings. The molecule has 0 aliphatic heterocycles. The van der Waals surface area contributed by atoms with Gasteiger partial charge in [0.25, 0.3) is 0 Å². The molecule has 2 heterocycles. The maximum absolute atomic E-state index is 13.2. The minimum absolute atomic E-state index is 0.192. The van der Waals surface area contributed by atoms with Gasteiger partial charge in [-0.2, -0.15) is 5.10 Å². The molecule has 132 valence electrons. The molecule has 0 radical (unpaired) electrons. The summed E-state index contributed by atoms with van der Waals surface area (Å²) >= 11 is 1.70. The van der Waals surface area contributed by atoms with Gasteiger partial charge in [0.15, 0.2) is 0 Å². The summed E-state index contributed by atoms with van der Waals surface area (Å²) in [5, 5.41) is 6.31. The van der Waals surface area contributed by atoms with Gasteiger partial charge in [-0.05, 0) is 42.3 Å². The molecule has 0 aliphatic carbocycles. The molecule has 1 aromatic carbocycles. The number of aromatic nitrogens is 2. The summed E-state index contributed by atoms with van der Waals surface area (Å²) in [6, 6.07) is 10.8. The summed E-state index contributed by atoms with van der Waals surface area (Å²) in [5.74, 6) is -0.192. The zero-order valence-electron chi connectivity index (χ0n) is 14.5. The first-order valence-corrected chi connectivity index (χ1v) is 9.07. The third-order valence-corrected chi connectivity index (χ3v) is 4.93. The zero-order valence-corrected chi connectivity index (χ0v) is 15.3. The lowest BCUT2D eigenvalue weighted by Crippen LogP contribution is -2.22. The highest BCUT2D eigenvalue weighted by Gasteiger charge is 2.10. The largest absolute Gasteiger partial charge is 0.375 e. The molecule has 0 spiro atoms. The lowest BCUT2D eigenvalue weighted by molar-refractivity contribution is 0.0999. The van der Waals surface area contributed by atoms with E-state index in [0.717, 1.165) is 17.8 Å². The van der Waals surface area contributed by atoms with E-state index in [1.807, 2.05) is 30.9 Å². The van der Waals surface area contributed by atoms with Gasteiger partial charge in [0.05, 0.1) is 18.9 Å². The molecule has 2 aromatic heterocycles. The van der Waals surface area contributed by atoms with Gasteiger partial charge in [0, 0.05) is 36.8 Å². The molecule has 0 atom stereocenters. The maximum atomic E-state index is 13.2. The summed E-state index contributed by atoms with van der Waals surface area (Å²) in [5.41, 5.74) is 3.25. The molecule has 0 aliphatic rings. The Balaban J connectivity index is 1.46. The number of nitrogens with zero attached hydrogens (tertiary/aromatic N) is 3. The van der Waals surface area contributed by atoms with E-state index in [0.29, 0.717) is 19.8 Å². The van der Waals surface area contributed by atoms with Crippen LogP contribution in [0, 0.1) is 5.82 Å². The molecular formula is C19H22FN3OS. The number of rotatable bonds is 8. The normalized spacial score (nSPS) is 11.4. The summed E-state index contributed by atoms with van der Waals surface area (Å²) in [6.45, 7) is 2.73. The predicted octanol–water partition coefficient (Wildman–Crippen LogP) is 3.94. The number of thiophene rings is 1. The van der Waals surface area contributed by atoms with E-state index in [1.54, 1.807) is 29.7 Å². The SMILES string of the molecule is CN(CCOCc1sccc1-c1ccnn1C)Cc1cccc(F)c1. The molecule has 4 nitrogen and oxygen atoms in total. The summed E-state index contributed by atoms with van der Waals surface area (Å²) in [4.78, 5) is 3.34. The van der Waals surface area contributed by atoms with Crippen LogP contribution in [0.2, 0.25) is 0 Å². The van der Waals surface area contributed by atoms with Crippen molar-refractivity contribution in [2.24, 2.45) is 7.05 Å². The molecule has 0 amide bonds. The Kier molecular flexibility index (Phi) is 5.96. The standard InChI is InChI=1S/C19H22FN3OS/c1-22(13-15-4-3-5-16(20)12-15)9-10-24-14-19-17(7-11-25-19)18-6-8-21-23(18)2/h3-8,11-12H,9-10,13-14H2,1-2H3. The van der Waals surface area contributed by atoms with Crippen LogP contribution in [0.4, 0.5) is 4.39 Å². The van der Waals surface area contributed by atoms with Gasteiger partial charge >= 0.3 is 0 Å². The van der Waals surface area contributed by atoms with Crippen molar-refractivity contribution >= 4 is 11.3 Å². The first-order valence-electron chi connectivity index (χ1n) is 8.19. The van der Waals surface area contributed by atoms with Gasteiger partial charge in [0.2, 0.25) is 0 Å². The Morgan fingerprint density at radius 3 is 2.92 bits per heavy atom. The maximum Gasteiger partial charge on any atom is 0.123 e. The van der Waals surface area contributed by atoms with Crippen LogP contribution in [-0.4, -0.2) is 34.9 Å². The first kappa shape index (κ1) is 17.8. The average Bonchev–Trinajstić information content (AvgIpc) is 3.20.